The summed E-state index contributed by atoms with van der Waals surface area (Å²) in [5, 5.41) is 19.2. The predicted molar refractivity (Wildman–Crippen MR) is 211 cm³/mol. The van der Waals surface area contributed by atoms with Gasteiger partial charge in [-0.05, 0) is 37.1 Å². The molecule has 0 fully saturated rings. The molecule has 4 atom stereocenters. The molecule has 6 rings (SSSR count). The van der Waals surface area contributed by atoms with Gasteiger partial charge in [0.2, 0.25) is 29.5 Å². The van der Waals surface area contributed by atoms with Gasteiger partial charge < -0.3 is 46.8 Å². The Morgan fingerprint density at radius 3 is 1.95 bits per heavy atom. The summed E-state index contributed by atoms with van der Waals surface area (Å²) in [7, 11) is 1.35. The summed E-state index contributed by atoms with van der Waals surface area (Å²) in [5.41, 5.74) is 2.74. The predicted octanol–water partition coefficient (Wildman–Crippen LogP) is 1.07. The van der Waals surface area contributed by atoms with E-state index in [1.807, 2.05) is 48.5 Å². The minimum atomic E-state index is -1.22. The standard InChI is InChI=1S/C39H42N10O7S/c1-20-34(52)45-22(3)39(56)49(4)18-33(51)44-21(2)38-48-31(19-57-38)37(55)47-30(14-24-16-41-28-12-8-6-10-26(24)28)36(54)46-29(35(53)42-17-32(50)43-20)13-23-15-40-27-11-7-5-9-25(23)27/h5-12,15-16,19-21,29-30,40-41H,3,13-14,17-18H2,1-2,4H3,(H,42,53)(H,43,50)(H,44,51)(H,45,52)(H,46,54)(H,47,55)/t20-,21-,29+,30+/m1/s1. The van der Waals surface area contributed by atoms with E-state index in [9.17, 15) is 33.6 Å². The van der Waals surface area contributed by atoms with Crippen molar-refractivity contribution < 1.29 is 33.6 Å². The first-order valence-corrected chi connectivity index (χ1v) is 18.9. The third kappa shape index (κ3) is 9.53. The molecule has 7 amide bonds. The summed E-state index contributed by atoms with van der Waals surface area (Å²) >= 11 is 1.12. The first-order valence-electron chi connectivity index (χ1n) is 18.1. The molecule has 1 aliphatic heterocycles. The van der Waals surface area contributed by atoms with Gasteiger partial charge in [0.25, 0.3) is 11.8 Å². The van der Waals surface area contributed by atoms with Crippen LogP contribution in [0.4, 0.5) is 0 Å². The minimum absolute atomic E-state index is 0.00468. The maximum absolute atomic E-state index is 14.3. The number of hydrogen-bond acceptors (Lipinski definition) is 9. The number of fused-ring (bicyclic) bond motifs is 4. The molecule has 0 saturated heterocycles. The summed E-state index contributed by atoms with van der Waals surface area (Å²) in [5.74, 6) is -4.83. The molecule has 0 radical (unpaired) electrons. The maximum Gasteiger partial charge on any atom is 0.271 e. The van der Waals surface area contributed by atoms with Crippen LogP contribution in [0.3, 0.4) is 0 Å². The van der Waals surface area contributed by atoms with Gasteiger partial charge in [-0.15, -0.1) is 11.3 Å². The van der Waals surface area contributed by atoms with Gasteiger partial charge in [0.05, 0.1) is 24.8 Å². The number of benzene rings is 2. The zero-order valence-corrected chi connectivity index (χ0v) is 32.2. The number of nitrogens with zero attached hydrogens (tertiary/aromatic N) is 2. The molecule has 0 spiro atoms. The highest BCUT2D eigenvalue weighted by atomic mass is 32.1. The van der Waals surface area contributed by atoms with E-state index in [1.54, 1.807) is 19.3 Å². The van der Waals surface area contributed by atoms with Gasteiger partial charge in [0, 0.05) is 59.5 Å². The number of hydrogen-bond donors (Lipinski definition) is 8. The number of H-pyrrole nitrogens is 2. The lowest BCUT2D eigenvalue weighted by Crippen LogP contribution is -2.56. The molecule has 0 unspecified atom stereocenters. The molecule has 3 aromatic heterocycles. The SMILES string of the molecule is C=C1NC(=O)[C@@H](C)NC(=O)CNC(=O)[C@H](Cc2c[nH]c3ccccc23)NC(=O)[C@H](Cc2c[nH]c3ccccc23)NC(=O)c2csc(n2)[C@@H](C)NC(=O)CN(C)C1=O. The van der Waals surface area contributed by atoms with Gasteiger partial charge in [-0.25, -0.2) is 4.98 Å². The van der Waals surface area contributed by atoms with Crippen LogP contribution in [0, 0.1) is 0 Å². The Morgan fingerprint density at radius 2 is 1.32 bits per heavy atom. The number of likely N-dealkylation sites (N-methyl/N-ethyl adjacent to an activating group) is 1. The van der Waals surface area contributed by atoms with Crippen LogP contribution < -0.4 is 31.9 Å². The first kappa shape index (κ1) is 39.9. The fraction of sp³-hybridized carbons (Fsp3) is 0.282. The smallest absolute Gasteiger partial charge is 0.271 e. The van der Waals surface area contributed by atoms with E-state index in [2.05, 4.69) is 53.4 Å². The number of aromatic nitrogens is 3. The highest BCUT2D eigenvalue weighted by molar-refractivity contribution is 7.09. The van der Waals surface area contributed by atoms with E-state index in [0.717, 1.165) is 43.6 Å². The molecule has 8 N–H and O–H groups in total. The second kappa shape index (κ2) is 17.3. The number of aromatic amines is 2. The molecule has 18 heteroatoms. The van der Waals surface area contributed by atoms with E-state index < -0.39 is 78.6 Å². The van der Waals surface area contributed by atoms with Crippen molar-refractivity contribution in [1.82, 2.24) is 51.8 Å². The molecule has 57 heavy (non-hydrogen) atoms. The fourth-order valence-corrected chi connectivity index (χ4v) is 7.19. The summed E-state index contributed by atoms with van der Waals surface area (Å²) in [6.45, 7) is 5.68. The lowest BCUT2D eigenvalue weighted by molar-refractivity contribution is -0.133. The number of carbonyl (C=O) groups excluding carboxylic acids is 7. The van der Waals surface area contributed by atoms with Crippen molar-refractivity contribution in [2.75, 3.05) is 20.1 Å². The molecule has 4 heterocycles. The summed E-state index contributed by atoms with van der Waals surface area (Å²) < 4.78 is 0. The average Bonchev–Trinajstić information content (AvgIpc) is 3.95. The third-order valence-corrected chi connectivity index (χ3v) is 10.4. The monoisotopic (exact) mass is 794 g/mol. The number of nitrogens with one attached hydrogen (secondary N) is 8. The topological polar surface area (TPSA) is 239 Å². The van der Waals surface area contributed by atoms with Gasteiger partial charge in [-0.3, -0.25) is 33.6 Å². The van der Waals surface area contributed by atoms with Crippen molar-refractivity contribution in [2.24, 2.45) is 0 Å². The quantitative estimate of drug-likeness (QED) is 0.122. The Hall–Kier alpha value is -6.82. The second-order valence-electron chi connectivity index (χ2n) is 13.7. The van der Waals surface area contributed by atoms with Crippen LogP contribution >= 0.6 is 11.3 Å². The minimum Gasteiger partial charge on any atom is -0.361 e. The van der Waals surface area contributed by atoms with Crippen LogP contribution in [0.2, 0.25) is 0 Å². The number of para-hydroxylation sites is 2. The van der Waals surface area contributed by atoms with Crippen LogP contribution in [0.25, 0.3) is 21.8 Å². The Morgan fingerprint density at radius 1 is 0.737 bits per heavy atom. The fourth-order valence-electron chi connectivity index (χ4n) is 6.38. The first-order chi connectivity index (χ1) is 27.3. The zero-order chi connectivity index (χ0) is 40.8. The summed E-state index contributed by atoms with van der Waals surface area (Å²) in [6, 6.07) is 10.7. The Labute approximate surface area is 330 Å². The maximum atomic E-state index is 14.3. The van der Waals surface area contributed by atoms with Gasteiger partial charge >= 0.3 is 0 Å². The highest BCUT2D eigenvalue weighted by Crippen LogP contribution is 2.22. The van der Waals surface area contributed by atoms with Crippen LogP contribution in [0.5, 0.6) is 0 Å². The number of rotatable bonds is 4. The second-order valence-corrected chi connectivity index (χ2v) is 14.6. The Balaban J connectivity index is 1.32. The normalized spacial score (nSPS) is 21.3. The molecule has 5 aromatic rings. The van der Waals surface area contributed by atoms with Gasteiger partial charge in [-0.1, -0.05) is 43.0 Å². The molecular weight excluding hydrogens is 753 g/mol. The van der Waals surface area contributed by atoms with E-state index in [1.165, 1.54) is 19.4 Å². The number of thiazole rings is 1. The van der Waals surface area contributed by atoms with E-state index in [4.69, 9.17) is 0 Å². The van der Waals surface area contributed by atoms with Crippen molar-refractivity contribution in [3.63, 3.8) is 0 Å². The average molecular weight is 795 g/mol. The van der Waals surface area contributed by atoms with Crippen LogP contribution in [0.15, 0.2) is 78.6 Å². The molecule has 1 aliphatic rings. The molecule has 2 aromatic carbocycles. The largest absolute Gasteiger partial charge is 0.361 e. The van der Waals surface area contributed by atoms with Crippen LogP contribution in [0.1, 0.15) is 46.5 Å². The molecule has 2 bridgehead atoms. The molecule has 17 nitrogen and oxygen atoms in total. The zero-order valence-electron chi connectivity index (χ0n) is 31.4. The van der Waals surface area contributed by atoms with Crippen molar-refractivity contribution >= 4 is 74.5 Å². The van der Waals surface area contributed by atoms with E-state index in [-0.39, 0.29) is 24.2 Å². The summed E-state index contributed by atoms with van der Waals surface area (Å²) in [4.78, 5) is 105. The molecule has 0 saturated carbocycles. The van der Waals surface area contributed by atoms with Crippen molar-refractivity contribution in [1.29, 1.82) is 0 Å². The van der Waals surface area contributed by atoms with E-state index in [0.29, 0.717) is 10.6 Å². The number of carbonyl (C=O) groups is 7. The molecule has 296 valence electrons. The Kier molecular flexibility index (Phi) is 12.1. The molecule has 0 aliphatic carbocycles. The van der Waals surface area contributed by atoms with Crippen LogP contribution in [-0.2, 0) is 41.6 Å². The van der Waals surface area contributed by atoms with Gasteiger partial charge in [0.1, 0.15) is 28.8 Å². The van der Waals surface area contributed by atoms with Gasteiger partial charge in [0.15, 0.2) is 0 Å². The van der Waals surface area contributed by atoms with Crippen molar-refractivity contribution in [3.05, 3.63) is 100 Å². The highest BCUT2D eigenvalue weighted by Gasteiger charge is 2.31. The summed E-state index contributed by atoms with van der Waals surface area (Å²) in [6.07, 6.45) is 3.53. The van der Waals surface area contributed by atoms with Crippen LogP contribution in [-0.4, -0.2) is 99.5 Å². The van der Waals surface area contributed by atoms with Crippen molar-refractivity contribution in [2.45, 2.75) is 50.9 Å². The lowest BCUT2D eigenvalue weighted by atomic mass is 10.0. The lowest BCUT2D eigenvalue weighted by Gasteiger charge is -2.23. The van der Waals surface area contributed by atoms with Gasteiger partial charge in [-0.2, -0.15) is 0 Å². The third-order valence-electron chi connectivity index (χ3n) is 9.41. The molecular formula is C39H42N10O7S. The number of amides is 7. The van der Waals surface area contributed by atoms with Crippen molar-refractivity contribution in [3.8, 4) is 0 Å². The Bertz CT molecular complexity index is 2380. The van der Waals surface area contributed by atoms with E-state index >= 15 is 0 Å².